The molecule has 1 N–H and O–H groups in total. The molecule has 1 atom stereocenters. The van der Waals surface area contributed by atoms with Crippen LogP contribution < -0.4 is 0 Å². The van der Waals surface area contributed by atoms with Crippen LogP contribution in [-0.4, -0.2) is 44.8 Å². The van der Waals surface area contributed by atoms with Crippen LogP contribution in [0.3, 0.4) is 0 Å². The first-order chi connectivity index (χ1) is 9.97. The second kappa shape index (κ2) is 6.31. The number of hydrogen-bond donors (Lipinski definition) is 1. The molecule has 0 saturated carbocycles. The number of esters is 1. The van der Waals surface area contributed by atoms with Crippen LogP contribution in [-0.2, 0) is 11.3 Å². The smallest absolute Gasteiger partial charge is 0.360 e. The van der Waals surface area contributed by atoms with Crippen LogP contribution in [0.4, 0.5) is 0 Å². The molecule has 114 valence electrons. The van der Waals surface area contributed by atoms with Crippen LogP contribution in [0.1, 0.15) is 28.1 Å². The summed E-state index contributed by atoms with van der Waals surface area (Å²) in [5.41, 5.74) is 1.60. The average Bonchev–Trinajstić information content (AvgIpc) is 3.00. The van der Waals surface area contributed by atoms with Crippen molar-refractivity contribution in [1.82, 2.24) is 20.0 Å². The van der Waals surface area contributed by atoms with Crippen molar-refractivity contribution in [2.45, 2.75) is 27.3 Å². The Balaban J connectivity index is 2.55. The normalized spacial score (nSPS) is 12.4. The van der Waals surface area contributed by atoms with E-state index >= 15 is 0 Å². The maximum Gasteiger partial charge on any atom is 0.360 e. The number of aromatic nitrogens is 4. The van der Waals surface area contributed by atoms with Crippen molar-refractivity contribution in [2.75, 3.05) is 13.7 Å². The van der Waals surface area contributed by atoms with Crippen LogP contribution >= 0.6 is 11.3 Å². The van der Waals surface area contributed by atoms with E-state index in [9.17, 15) is 9.90 Å². The van der Waals surface area contributed by atoms with Gasteiger partial charge in [0, 0.05) is 13.2 Å². The van der Waals surface area contributed by atoms with E-state index < -0.39 is 5.97 Å². The largest absolute Gasteiger partial charge is 0.464 e. The van der Waals surface area contributed by atoms with E-state index in [0.717, 1.165) is 15.6 Å². The highest BCUT2D eigenvalue weighted by Gasteiger charge is 2.25. The highest BCUT2D eigenvalue weighted by atomic mass is 32.1. The summed E-state index contributed by atoms with van der Waals surface area (Å²) in [5.74, 6) is -0.524. The van der Waals surface area contributed by atoms with E-state index in [1.54, 1.807) is 4.68 Å². The lowest BCUT2D eigenvalue weighted by Crippen LogP contribution is -2.14. The van der Waals surface area contributed by atoms with Crippen molar-refractivity contribution in [3.8, 4) is 10.6 Å². The molecule has 1 unspecified atom stereocenters. The second-order valence-corrected chi connectivity index (χ2v) is 6.10. The molecule has 21 heavy (non-hydrogen) atoms. The van der Waals surface area contributed by atoms with Gasteiger partial charge in [-0.05, 0) is 19.8 Å². The lowest BCUT2D eigenvalue weighted by Gasteiger charge is -2.10. The Labute approximate surface area is 126 Å². The zero-order valence-corrected chi connectivity index (χ0v) is 13.3. The van der Waals surface area contributed by atoms with Gasteiger partial charge in [0.2, 0.25) is 0 Å². The van der Waals surface area contributed by atoms with E-state index in [1.165, 1.54) is 18.4 Å². The maximum absolute atomic E-state index is 11.9. The molecule has 0 aliphatic carbocycles. The van der Waals surface area contributed by atoms with Crippen LogP contribution in [0.15, 0.2) is 0 Å². The minimum absolute atomic E-state index is 0.00488. The average molecular weight is 310 g/mol. The van der Waals surface area contributed by atoms with E-state index in [-0.39, 0.29) is 18.2 Å². The summed E-state index contributed by atoms with van der Waals surface area (Å²) in [5, 5.41) is 18.1. The molecule has 0 aromatic carbocycles. The van der Waals surface area contributed by atoms with Gasteiger partial charge in [0.25, 0.3) is 0 Å². The minimum atomic E-state index is -0.529. The number of methoxy groups -OCH3 is 1. The molecular formula is C13H18N4O3S. The minimum Gasteiger partial charge on any atom is -0.464 e. The Bertz CT molecular complexity index is 650. The number of hydrogen-bond acceptors (Lipinski definition) is 7. The Hall–Kier alpha value is -1.80. The van der Waals surface area contributed by atoms with Crippen molar-refractivity contribution < 1.29 is 14.6 Å². The zero-order chi connectivity index (χ0) is 15.6. The number of thiazole rings is 1. The maximum atomic E-state index is 11.9. The molecular weight excluding hydrogens is 292 g/mol. The lowest BCUT2D eigenvalue weighted by molar-refractivity contribution is 0.0595. The van der Waals surface area contributed by atoms with Crippen molar-refractivity contribution in [1.29, 1.82) is 0 Å². The van der Waals surface area contributed by atoms with Crippen LogP contribution in [0, 0.1) is 19.8 Å². The molecule has 2 rings (SSSR count). The van der Waals surface area contributed by atoms with Gasteiger partial charge in [-0.15, -0.1) is 16.4 Å². The summed E-state index contributed by atoms with van der Waals surface area (Å²) in [6, 6.07) is 0. The second-order valence-electron chi connectivity index (χ2n) is 4.90. The van der Waals surface area contributed by atoms with Gasteiger partial charge in [-0.2, -0.15) is 0 Å². The predicted molar refractivity (Wildman–Crippen MR) is 78.2 cm³/mol. The van der Waals surface area contributed by atoms with E-state index in [1.807, 2.05) is 20.8 Å². The molecule has 0 radical (unpaired) electrons. The van der Waals surface area contributed by atoms with Crippen LogP contribution in [0.25, 0.3) is 10.6 Å². The third kappa shape index (κ3) is 3.11. The highest BCUT2D eigenvalue weighted by Crippen LogP contribution is 2.32. The predicted octanol–water partition coefficient (Wildman–Crippen LogP) is 1.43. The van der Waals surface area contributed by atoms with Gasteiger partial charge in [-0.25, -0.2) is 14.5 Å². The topological polar surface area (TPSA) is 90.1 Å². The Morgan fingerprint density at radius 1 is 1.48 bits per heavy atom. The number of aliphatic hydroxyl groups is 1. The first kappa shape index (κ1) is 15.6. The van der Waals surface area contributed by atoms with E-state index in [0.29, 0.717) is 12.2 Å². The summed E-state index contributed by atoms with van der Waals surface area (Å²) in [7, 11) is 1.31. The molecule has 0 amide bonds. The first-order valence-corrected chi connectivity index (χ1v) is 7.36. The van der Waals surface area contributed by atoms with Crippen molar-refractivity contribution >= 4 is 17.3 Å². The monoisotopic (exact) mass is 310 g/mol. The molecule has 0 saturated heterocycles. The van der Waals surface area contributed by atoms with E-state index in [2.05, 4.69) is 15.3 Å². The number of rotatable bonds is 5. The molecule has 7 nitrogen and oxygen atoms in total. The number of ether oxygens (including phenoxy) is 1. The first-order valence-electron chi connectivity index (χ1n) is 6.55. The molecule has 2 aromatic rings. The summed E-state index contributed by atoms with van der Waals surface area (Å²) in [6.07, 6.45) is 0. The molecule has 0 bridgehead atoms. The fourth-order valence-corrected chi connectivity index (χ4v) is 2.97. The Morgan fingerprint density at radius 3 is 2.71 bits per heavy atom. The lowest BCUT2D eigenvalue weighted by atomic mass is 10.2. The Kier molecular flexibility index (Phi) is 4.69. The Morgan fingerprint density at radius 2 is 2.19 bits per heavy atom. The number of aryl methyl sites for hydroxylation is 2. The van der Waals surface area contributed by atoms with Crippen LogP contribution in [0.5, 0.6) is 0 Å². The molecule has 0 aliphatic rings. The summed E-state index contributed by atoms with van der Waals surface area (Å²) in [6.45, 7) is 6.18. The molecule has 2 aromatic heterocycles. The molecule has 0 fully saturated rings. The summed E-state index contributed by atoms with van der Waals surface area (Å²) in [4.78, 5) is 17.1. The van der Waals surface area contributed by atoms with Gasteiger partial charge in [0.05, 0.1) is 22.7 Å². The third-order valence-corrected chi connectivity index (χ3v) is 4.11. The van der Waals surface area contributed by atoms with Gasteiger partial charge < -0.3 is 9.84 Å². The molecule has 2 heterocycles. The number of carbonyl (C=O) groups is 1. The summed E-state index contributed by atoms with van der Waals surface area (Å²) < 4.78 is 6.40. The van der Waals surface area contributed by atoms with Crippen molar-refractivity contribution in [3.05, 3.63) is 16.4 Å². The molecule has 0 aliphatic heterocycles. The fraction of sp³-hybridized carbons (Fsp3) is 0.538. The van der Waals surface area contributed by atoms with Crippen LogP contribution in [0.2, 0.25) is 0 Å². The van der Waals surface area contributed by atoms with Crippen molar-refractivity contribution in [3.63, 3.8) is 0 Å². The number of aliphatic hydroxyl groups excluding tert-OH is 1. The standard InChI is InChI=1S/C13H18N4O3S/c1-7(6-18)5-17-11(10(15-16-17)13(19)20-4)12-8(2)14-9(3)21-12/h7,18H,5-6H2,1-4H3. The summed E-state index contributed by atoms with van der Waals surface area (Å²) >= 11 is 1.48. The third-order valence-electron chi connectivity index (χ3n) is 3.03. The van der Waals surface area contributed by atoms with Gasteiger partial charge in [-0.1, -0.05) is 12.1 Å². The molecule has 8 heteroatoms. The van der Waals surface area contributed by atoms with Gasteiger partial charge in [0.1, 0.15) is 5.69 Å². The fourth-order valence-electron chi connectivity index (χ4n) is 2.00. The van der Waals surface area contributed by atoms with Gasteiger partial charge in [0.15, 0.2) is 5.69 Å². The SMILES string of the molecule is COC(=O)c1nnn(CC(C)CO)c1-c1sc(C)nc1C. The van der Waals surface area contributed by atoms with Gasteiger partial charge >= 0.3 is 5.97 Å². The van der Waals surface area contributed by atoms with E-state index in [4.69, 9.17) is 4.74 Å². The van der Waals surface area contributed by atoms with Crippen molar-refractivity contribution in [2.24, 2.45) is 5.92 Å². The zero-order valence-electron chi connectivity index (χ0n) is 12.5. The van der Waals surface area contributed by atoms with Gasteiger partial charge in [-0.3, -0.25) is 0 Å². The number of carbonyl (C=O) groups excluding carboxylic acids is 1. The number of nitrogens with zero attached hydrogens (tertiary/aromatic N) is 4. The quantitative estimate of drug-likeness (QED) is 0.840. The highest BCUT2D eigenvalue weighted by molar-refractivity contribution is 7.15. The molecule has 0 spiro atoms.